The lowest BCUT2D eigenvalue weighted by Gasteiger charge is -2.13. The maximum absolute atomic E-state index is 13.3. The summed E-state index contributed by atoms with van der Waals surface area (Å²) in [6.45, 7) is 0.275. The molecule has 0 atom stereocenters. The van der Waals surface area contributed by atoms with Gasteiger partial charge in [-0.15, -0.1) is 0 Å². The van der Waals surface area contributed by atoms with E-state index >= 15 is 0 Å². The number of hydrogen-bond donors (Lipinski definition) is 0. The lowest BCUT2D eigenvalue weighted by molar-refractivity contribution is 0.444. The van der Waals surface area contributed by atoms with Crippen molar-refractivity contribution in [2.24, 2.45) is 0 Å². The average molecular weight is 512 g/mol. The molecule has 0 fully saturated rings. The van der Waals surface area contributed by atoms with Gasteiger partial charge in [-0.25, -0.2) is 18.1 Å². The summed E-state index contributed by atoms with van der Waals surface area (Å²) in [5, 5.41) is 4.32. The molecule has 4 rings (SSSR count). The van der Waals surface area contributed by atoms with E-state index in [1.807, 2.05) is 30.3 Å². The van der Waals surface area contributed by atoms with Gasteiger partial charge in [0, 0.05) is 23.0 Å². The Kier molecular flexibility index (Phi) is 6.20. The highest BCUT2D eigenvalue weighted by atomic mass is 79.9. The minimum Gasteiger partial charge on any atom is -0.432 e. The van der Waals surface area contributed by atoms with Gasteiger partial charge in [0.1, 0.15) is 0 Å². The summed E-state index contributed by atoms with van der Waals surface area (Å²) < 4.78 is 31.6. The molecule has 0 saturated carbocycles. The van der Waals surface area contributed by atoms with Crippen LogP contribution in [0.25, 0.3) is 11.1 Å². The Morgan fingerprint density at radius 1 is 0.969 bits per heavy atom. The molecule has 0 unspecified atom stereocenters. The van der Waals surface area contributed by atoms with Crippen molar-refractivity contribution in [3.05, 3.63) is 99.5 Å². The van der Waals surface area contributed by atoms with E-state index in [2.05, 4.69) is 26.0 Å². The molecule has 0 amide bonds. The van der Waals surface area contributed by atoms with Gasteiger partial charge in [0.15, 0.2) is 9.84 Å². The highest BCUT2D eigenvalue weighted by molar-refractivity contribution is 9.10. The van der Waals surface area contributed by atoms with E-state index in [1.165, 1.54) is 23.0 Å². The van der Waals surface area contributed by atoms with Gasteiger partial charge in [0.05, 0.1) is 23.2 Å². The highest BCUT2D eigenvalue weighted by Gasteiger charge is 2.17. The quantitative estimate of drug-likeness (QED) is 0.383. The molecular weight excluding hydrogens is 494 g/mol. The normalized spacial score (nSPS) is 11.3. The molecule has 0 aliphatic rings. The smallest absolute Gasteiger partial charge is 0.310 e. The Labute approximate surface area is 193 Å². The molecule has 0 bridgehead atoms. The monoisotopic (exact) mass is 511 g/mol. The van der Waals surface area contributed by atoms with E-state index in [0.717, 1.165) is 16.3 Å². The Bertz CT molecular complexity index is 1400. The lowest BCUT2D eigenvalue weighted by Crippen LogP contribution is -2.25. The third kappa shape index (κ3) is 4.95. The fourth-order valence-corrected chi connectivity index (χ4v) is 3.92. The third-order valence-electron chi connectivity index (χ3n) is 4.68. The summed E-state index contributed by atoms with van der Waals surface area (Å²) in [7, 11) is -3.34. The van der Waals surface area contributed by atoms with Crippen molar-refractivity contribution in [2.75, 3.05) is 6.26 Å². The number of ether oxygens (including phenoxy) is 1. The molecular formula is C23H18BrN3O4S. The Morgan fingerprint density at radius 3 is 2.31 bits per heavy atom. The molecule has 0 N–H and O–H groups in total. The van der Waals surface area contributed by atoms with E-state index < -0.39 is 15.4 Å². The number of rotatable bonds is 6. The first-order valence-corrected chi connectivity index (χ1v) is 12.2. The second-order valence-electron chi connectivity index (χ2n) is 7.05. The lowest BCUT2D eigenvalue weighted by atomic mass is 10.1. The Balaban J connectivity index is 1.80. The molecule has 0 saturated heterocycles. The van der Waals surface area contributed by atoms with E-state index in [0.29, 0.717) is 11.1 Å². The molecule has 7 nitrogen and oxygen atoms in total. The predicted molar refractivity (Wildman–Crippen MR) is 125 cm³/mol. The Hall–Kier alpha value is -3.30. The summed E-state index contributed by atoms with van der Waals surface area (Å²) in [6.07, 6.45) is 4.25. The molecule has 2 heterocycles. The zero-order valence-electron chi connectivity index (χ0n) is 17.0. The number of hydrogen-bond acceptors (Lipinski definition) is 6. The van der Waals surface area contributed by atoms with Crippen molar-refractivity contribution < 1.29 is 13.2 Å². The summed E-state index contributed by atoms with van der Waals surface area (Å²) in [6, 6.07) is 19.1. The van der Waals surface area contributed by atoms with Crippen LogP contribution in [0.3, 0.4) is 0 Å². The minimum absolute atomic E-state index is 0.0536. The molecule has 32 heavy (non-hydrogen) atoms. The van der Waals surface area contributed by atoms with E-state index in [-0.39, 0.29) is 23.1 Å². The standard InChI is InChI=1S/C23H18BrN3O4S/c1-32(29,30)19-10-7-17(8-11-19)20-14-26-27(15-16-5-3-2-4-6-16)23(28)22(20)31-21-12-9-18(24)13-25-21/h2-14H,15H2,1H3. The fourth-order valence-electron chi connectivity index (χ4n) is 3.05. The molecule has 2 aromatic carbocycles. The van der Waals surface area contributed by atoms with E-state index in [9.17, 15) is 13.2 Å². The topological polar surface area (TPSA) is 91.2 Å². The summed E-state index contributed by atoms with van der Waals surface area (Å²) in [4.78, 5) is 17.7. The number of halogens is 1. The molecule has 0 aliphatic carbocycles. The van der Waals surface area contributed by atoms with Gasteiger partial charge < -0.3 is 4.74 Å². The Morgan fingerprint density at radius 2 is 1.69 bits per heavy atom. The second kappa shape index (κ2) is 9.05. The van der Waals surface area contributed by atoms with Crippen LogP contribution in [0.2, 0.25) is 0 Å². The van der Waals surface area contributed by atoms with Crippen LogP contribution in [-0.4, -0.2) is 29.4 Å². The van der Waals surface area contributed by atoms with Crippen molar-refractivity contribution in [3.63, 3.8) is 0 Å². The number of sulfone groups is 1. The molecule has 0 radical (unpaired) electrons. The van der Waals surface area contributed by atoms with Gasteiger partial charge in [-0.2, -0.15) is 5.10 Å². The van der Waals surface area contributed by atoms with Crippen LogP contribution in [0, 0.1) is 0 Å². The van der Waals surface area contributed by atoms with Crippen LogP contribution in [0.15, 0.2) is 93.3 Å². The van der Waals surface area contributed by atoms with Gasteiger partial charge >= 0.3 is 5.56 Å². The van der Waals surface area contributed by atoms with Crippen LogP contribution in [-0.2, 0) is 16.4 Å². The fraction of sp³-hybridized carbons (Fsp3) is 0.0870. The van der Waals surface area contributed by atoms with E-state index in [4.69, 9.17) is 4.74 Å². The number of aromatic nitrogens is 3. The van der Waals surface area contributed by atoms with Crippen molar-refractivity contribution in [1.29, 1.82) is 0 Å². The van der Waals surface area contributed by atoms with Crippen LogP contribution in [0.5, 0.6) is 11.6 Å². The molecule has 9 heteroatoms. The first-order chi connectivity index (χ1) is 15.3. The molecule has 0 spiro atoms. The van der Waals surface area contributed by atoms with Crippen molar-refractivity contribution >= 4 is 25.8 Å². The predicted octanol–water partition coefficient (Wildman–Crippen LogP) is 4.31. The average Bonchev–Trinajstić information content (AvgIpc) is 2.78. The largest absolute Gasteiger partial charge is 0.432 e. The summed E-state index contributed by atoms with van der Waals surface area (Å²) >= 11 is 3.32. The molecule has 162 valence electrons. The zero-order valence-corrected chi connectivity index (χ0v) is 19.4. The number of benzene rings is 2. The van der Waals surface area contributed by atoms with Crippen LogP contribution < -0.4 is 10.3 Å². The second-order valence-corrected chi connectivity index (χ2v) is 9.98. The summed E-state index contributed by atoms with van der Waals surface area (Å²) in [5.74, 6) is 0.301. The van der Waals surface area contributed by atoms with Crippen molar-refractivity contribution in [1.82, 2.24) is 14.8 Å². The first kappa shape index (κ1) is 21.9. The molecule has 4 aromatic rings. The van der Waals surface area contributed by atoms with Crippen molar-refractivity contribution in [2.45, 2.75) is 11.4 Å². The molecule has 0 aliphatic heterocycles. The SMILES string of the molecule is CS(=O)(=O)c1ccc(-c2cnn(Cc3ccccc3)c(=O)c2Oc2ccc(Br)cn2)cc1. The van der Waals surface area contributed by atoms with Crippen LogP contribution in [0.1, 0.15) is 5.56 Å². The van der Waals surface area contributed by atoms with Gasteiger partial charge in [-0.3, -0.25) is 4.79 Å². The third-order valence-corrected chi connectivity index (χ3v) is 6.27. The molecule has 2 aromatic heterocycles. The summed E-state index contributed by atoms with van der Waals surface area (Å²) in [5.41, 5.74) is 1.52. The van der Waals surface area contributed by atoms with Gasteiger partial charge in [0.25, 0.3) is 0 Å². The van der Waals surface area contributed by atoms with E-state index in [1.54, 1.807) is 30.5 Å². The number of nitrogens with zero attached hydrogens (tertiary/aromatic N) is 3. The first-order valence-electron chi connectivity index (χ1n) is 9.55. The van der Waals surface area contributed by atoms with Gasteiger partial charge in [-0.05, 0) is 45.3 Å². The van der Waals surface area contributed by atoms with Crippen LogP contribution >= 0.6 is 15.9 Å². The zero-order chi connectivity index (χ0) is 22.7. The van der Waals surface area contributed by atoms with Crippen molar-refractivity contribution in [3.8, 4) is 22.8 Å². The maximum Gasteiger partial charge on any atom is 0.310 e. The van der Waals surface area contributed by atoms with Gasteiger partial charge in [0.2, 0.25) is 11.6 Å². The van der Waals surface area contributed by atoms with Gasteiger partial charge in [-0.1, -0.05) is 42.5 Å². The number of pyridine rings is 1. The van der Waals surface area contributed by atoms with Crippen LogP contribution in [0.4, 0.5) is 0 Å². The highest BCUT2D eigenvalue weighted by Crippen LogP contribution is 2.30. The maximum atomic E-state index is 13.3. The minimum atomic E-state index is -3.34.